The maximum absolute atomic E-state index is 12.7. The number of nitrogen functional groups attached to an aromatic ring is 2. The van der Waals surface area contributed by atoms with E-state index in [9.17, 15) is 4.79 Å². The smallest absolute Gasteiger partial charge is 0.278 e. The summed E-state index contributed by atoms with van der Waals surface area (Å²) in [5, 5.41) is 10.2. The third kappa shape index (κ3) is 7.70. The molecule has 1 amide bonds. The van der Waals surface area contributed by atoms with Gasteiger partial charge in [0.05, 0.1) is 39.6 Å². The van der Waals surface area contributed by atoms with Gasteiger partial charge in [0.2, 0.25) is 0 Å². The summed E-state index contributed by atoms with van der Waals surface area (Å²) in [5.41, 5.74) is 16.2. The molecular weight excluding hydrogens is 567 g/mol. The Bertz CT molecular complexity index is 1670. The summed E-state index contributed by atoms with van der Waals surface area (Å²) in [6, 6.07) is 24.2. The molecule has 6 N–H and O–H groups in total. The minimum atomic E-state index is -0.456. The molecule has 0 spiro atoms. The highest BCUT2D eigenvalue weighted by molar-refractivity contribution is 6.33. The molecule has 5 aromatic rings. The zero-order chi connectivity index (χ0) is 29.4. The number of aromatic hydroxyl groups is 1. The lowest BCUT2D eigenvalue weighted by molar-refractivity contribution is 0.0534. The molecule has 5 rings (SSSR count). The fraction of sp³-hybridized carbons (Fsp3) is 0.0667. The molecule has 0 radical (unpaired) electrons. The van der Waals surface area contributed by atoms with Gasteiger partial charge in [-0.3, -0.25) is 14.6 Å². The fourth-order valence-electron chi connectivity index (χ4n) is 3.63. The number of nitrogens with two attached hydrogens (primary N) is 2. The standard InChI is InChI=1S/C24H20ClN3O4.C6H6ClNO/c1-30-28-24(29)18-12-17-21(13-23(18)31-14-15-5-3-2-4-6-15)27-10-9-22(17)32-16-7-8-20(26)19(25)11-16;7-5-3-4(9)1-2-6(5)8/h2-13H,14,26H2,1H3,(H,28,29);1-3,9H,8H2. The van der Waals surface area contributed by atoms with Crippen LogP contribution in [-0.4, -0.2) is 23.1 Å². The normalized spacial score (nSPS) is 10.4. The maximum Gasteiger partial charge on any atom is 0.278 e. The first-order chi connectivity index (χ1) is 19.7. The van der Waals surface area contributed by atoms with Gasteiger partial charge in [-0.2, -0.15) is 0 Å². The number of fused-ring (bicyclic) bond motifs is 1. The van der Waals surface area contributed by atoms with E-state index >= 15 is 0 Å². The van der Waals surface area contributed by atoms with Crippen LogP contribution in [0.15, 0.2) is 91.1 Å². The number of ether oxygens (including phenoxy) is 2. The molecule has 0 saturated heterocycles. The number of nitrogens with zero attached hydrogens (tertiary/aromatic N) is 1. The molecule has 4 aromatic carbocycles. The first kappa shape index (κ1) is 29.3. The van der Waals surface area contributed by atoms with Crippen molar-refractivity contribution in [3.05, 3.63) is 112 Å². The highest BCUT2D eigenvalue weighted by atomic mass is 35.5. The van der Waals surface area contributed by atoms with Crippen LogP contribution in [0.25, 0.3) is 10.9 Å². The number of pyridine rings is 1. The molecule has 0 saturated carbocycles. The Kier molecular flexibility index (Phi) is 9.70. The van der Waals surface area contributed by atoms with Crippen LogP contribution in [0.1, 0.15) is 15.9 Å². The zero-order valence-corrected chi connectivity index (χ0v) is 23.3. The quantitative estimate of drug-likeness (QED) is 0.0921. The summed E-state index contributed by atoms with van der Waals surface area (Å²) in [6.07, 6.45) is 1.62. The fourth-order valence-corrected chi connectivity index (χ4v) is 3.98. The largest absolute Gasteiger partial charge is 0.508 e. The number of halogens is 2. The molecule has 0 aliphatic carbocycles. The molecule has 0 bridgehead atoms. The summed E-state index contributed by atoms with van der Waals surface area (Å²) in [4.78, 5) is 21.9. The molecule has 1 aromatic heterocycles. The lowest BCUT2D eigenvalue weighted by Crippen LogP contribution is -2.22. The van der Waals surface area contributed by atoms with Crippen molar-refractivity contribution in [1.29, 1.82) is 0 Å². The van der Waals surface area contributed by atoms with Gasteiger partial charge >= 0.3 is 0 Å². The Morgan fingerprint density at radius 2 is 1.61 bits per heavy atom. The highest BCUT2D eigenvalue weighted by Crippen LogP contribution is 2.35. The number of hydroxylamine groups is 1. The van der Waals surface area contributed by atoms with Crippen molar-refractivity contribution >= 4 is 51.4 Å². The summed E-state index contributed by atoms with van der Waals surface area (Å²) in [7, 11) is 1.37. The van der Waals surface area contributed by atoms with Gasteiger partial charge < -0.3 is 26.0 Å². The van der Waals surface area contributed by atoms with Crippen molar-refractivity contribution in [2.24, 2.45) is 0 Å². The number of aromatic nitrogens is 1. The van der Waals surface area contributed by atoms with Crippen LogP contribution in [0.4, 0.5) is 11.4 Å². The number of nitrogens with one attached hydrogen (secondary N) is 1. The van der Waals surface area contributed by atoms with E-state index in [0.29, 0.717) is 56.2 Å². The van der Waals surface area contributed by atoms with Crippen molar-refractivity contribution in [3.63, 3.8) is 0 Å². The molecule has 0 aliphatic rings. The minimum Gasteiger partial charge on any atom is -0.508 e. The summed E-state index contributed by atoms with van der Waals surface area (Å²) < 4.78 is 12.0. The Hall–Kier alpha value is -4.70. The molecular formula is C30H26Cl2N4O5. The summed E-state index contributed by atoms with van der Waals surface area (Å²) in [5.74, 6) is 1.05. The van der Waals surface area contributed by atoms with Crippen LogP contribution < -0.4 is 26.4 Å². The molecule has 0 unspecified atom stereocenters. The average Bonchev–Trinajstić information content (AvgIpc) is 2.97. The van der Waals surface area contributed by atoms with Crippen molar-refractivity contribution < 1.29 is 24.2 Å². The molecule has 41 heavy (non-hydrogen) atoms. The average molecular weight is 593 g/mol. The van der Waals surface area contributed by atoms with Crippen LogP contribution in [0.2, 0.25) is 10.0 Å². The summed E-state index contributed by atoms with van der Waals surface area (Å²) >= 11 is 11.6. The number of amides is 1. The lowest BCUT2D eigenvalue weighted by Gasteiger charge is -2.15. The van der Waals surface area contributed by atoms with Crippen molar-refractivity contribution in [3.8, 4) is 23.0 Å². The minimum absolute atomic E-state index is 0.134. The monoisotopic (exact) mass is 592 g/mol. The van der Waals surface area contributed by atoms with Gasteiger partial charge in [-0.1, -0.05) is 53.5 Å². The van der Waals surface area contributed by atoms with Gasteiger partial charge in [-0.05, 0) is 42.0 Å². The van der Waals surface area contributed by atoms with Gasteiger partial charge in [-0.15, -0.1) is 0 Å². The Balaban J connectivity index is 0.000000367. The van der Waals surface area contributed by atoms with Crippen LogP contribution >= 0.6 is 23.2 Å². The Morgan fingerprint density at radius 3 is 2.27 bits per heavy atom. The van der Waals surface area contributed by atoms with Crippen LogP contribution in [-0.2, 0) is 11.4 Å². The molecule has 1 heterocycles. The third-order valence-corrected chi connectivity index (χ3v) is 6.32. The van der Waals surface area contributed by atoms with Crippen molar-refractivity contribution in [2.75, 3.05) is 18.6 Å². The van der Waals surface area contributed by atoms with Gasteiger partial charge in [0.1, 0.15) is 29.6 Å². The van der Waals surface area contributed by atoms with E-state index in [1.807, 2.05) is 30.3 Å². The van der Waals surface area contributed by atoms with E-state index in [1.165, 1.54) is 19.2 Å². The van der Waals surface area contributed by atoms with Crippen LogP contribution in [0.3, 0.4) is 0 Å². The SMILES string of the molecule is CONC(=O)c1cc2c(Oc3ccc(N)c(Cl)c3)ccnc2cc1OCc1ccccc1.Nc1ccc(O)cc1Cl. The van der Waals surface area contributed by atoms with Gasteiger partial charge in [0.25, 0.3) is 5.91 Å². The van der Waals surface area contributed by atoms with E-state index < -0.39 is 5.91 Å². The molecule has 9 nitrogen and oxygen atoms in total. The first-order valence-electron chi connectivity index (χ1n) is 12.1. The topological polar surface area (TPSA) is 142 Å². The second-order valence-electron chi connectivity index (χ2n) is 8.58. The summed E-state index contributed by atoms with van der Waals surface area (Å²) in [6.45, 7) is 0.291. The van der Waals surface area contributed by atoms with E-state index in [2.05, 4.69) is 10.5 Å². The molecule has 0 aliphatic heterocycles. The van der Waals surface area contributed by atoms with Crippen molar-refractivity contribution in [1.82, 2.24) is 10.5 Å². The number of rotatable bonds is 7. The highest BCUT2D eigenvalue weighted by Gasteiger charge is 2.17. The molecule has 0 atom stereocenters. The van der Waals surface area contributed by atoms with Crippen molar-refractivity contribution in [2.45, 2.75) is 6.61 Å². The Labute approximate surface area is 246 Å². The predicted molar refractivity (Wildman–Crippen MR) is 160 cm³/mol. The molecule has 0 fully saturated rings. The second kappa shape index (κ2) is 13.6. The molecule has 210 valence electrons. The number of hydrogen-bond donors (Lipinski definition) is 4. The number of phenols is 1. The second-order valence-corrected chi connectivity index (χ2v) is 9.39. The zero-order valence-electron chi connectivity index (χ0n) is 21.8. The predicted octanol–water partition coefficient (Wildman–Crippen LogP) is 6.76. The van der Waals surface area contributed by atoms with E-state index in [0.717, 1.165) is 5.56 Å². The van der Waals surface area contributed by atoms with Gasteiger partial charge in [0.15, 0.2) is 0 Å². The van der Waals surface area contributed by atoms with Crippen LogP contribution in [0.5, 0.6) is 23.0 Å². The third-order valence-electron chi connectivity index (χ3n) is 5.66. The number of phenolic OH excluding ortho intramolecular Hbond substituents is 1. The van der Waals surface area contributed by atoms with Gasteiger partial charge in [-0.25, -0.2) is 5.48 Å². The van der Waals surface area contributed by atoms with Gasteiger partial charge in [0, 0.05) is 29.8 Å². The molecule has 11 heteroatoms. The number of benzene rings is 4. The number of carbonyl (C=O) groups is 1. The number of anilines is 2. The lowest BCUT2D eigenvalue weighted by atomic mass is 10.1. The van der Waals surface area contributed by atoms with E-state index in [-0.39, 0.29) is 11.3 Å². The van der Waals surface area contributed by atoms with Crippen LogP contribution in [0, 0.1) is 0 Å². The van der Waals surface area contributed by atoms with E-state index in [4.69, 9.17) is 54.1 Å². The van der Waals surface area contributed by atoms with E-state index in [1.54, 1.807) is 48.7 Å². The number of hydrogen-bond acceptors (Lipinski definition) is 8. The first-order valence-corrected chi connectivity index (χ1v) is 12.9. The maximum atomic E-state index is 12.7. The number of carbonyl (C=O) groups excluding carboxylic acids is 1. The Morgan fingerprint density at radius 1 is 0.902 bits per heavy atom.